The molecule has 0 bridgehead atoms. The second-order valence-electron chi connectivity index (χ2n) is 6.66. The molecule has 1 fully saturated rings. The molecule has 0 saturated carbocycles. The van der Waals surface area contributed by atoms with Crippen LogP contribution in [0.1, 0.15) is 65.0 Å². The topological polar surface area (TPSA) is 16.1 Å². The number of likely N-dealkylation sites (tertiary alicyclic amines) is 1. The first-order valence-electron chi connectivity index (χ1n) is 7.89. The van der Waals surface area contributed by atoms with Crippen LogP contribution < -0.4 is 0 Å². The molecule has 0 amide bonds. The number of pyridine rings is 1. The van der Waals surface area contributed by atoms with Gasteiger partial charge in [0.1, 0.15) is 5.03 Å². The molecule has 1 atom stereocenters. The maximum atomic E-state index is 4.66. The van der Waals surface area contributed by atoms with Gasteiger partial charge in [-0.15, -0.1) is 11.8 Å². The Bertz CT molecular complexity index is 425. The van der Waals surface area contributed by atoms with Gasteiger partial charge in [0.05, 0.1) is 0 Å². The molecule has 0 unspecified atom stereocenters. The maximum absolute atomic E-state index is 4.66. The van der Waals surface area contributed by atoms with E-state index in [1.54, 1.807) is 0 Å². The largest absolute Gasteiger partial charge is 0.296 e. The molecule has 0 spiro atoms. The van der Waals surface area contributed by atoms with Crippen LogP contribution in [-0.4, -0.2) is 27.7 Å². The van der Waals surface area contributed by atoms with Crippen LogP contribution in [0.2, 0.25) is 0 Å². The molecule has 1 aromatic rings. The van der Waals surface area contributed by atoms with Gasteiger partial charge in [-0.1, -0.05) is 40.2 Å². The molecule has 2 heterocycles. The van der Waals surface area contributed by atoms with Crippen molar-refractivity contribution in [2.24, 2.45) is 0 Å². The highest BCUT2D eigenvalue weighted by Gasteiger charge is 2.28. The third kappa shape index (κ3) is 4.23. The molecule has 3 heteroatoms. The van der Waals surface area contributed by atoms with Gasteiger partial charge in [-0.3, -0.25) is 4.90 Å². The van der Waals surface area contributed by atoms with E-state index in [0.29, 0.717) is 6.04 Å². The van der Waals surface area contributed by atoms with Crippen LogP contribution in [-0.2, 0) is 0 Å². The highest BCUT2D eigenvalue weighted by Crippen LogP contribution is 2.40. The number of unbranched alkanes of at least 4 members (excludes halogenated alkanes) is 1. The van der Waals surface area contributed by atoms with Gasteiger partial charge in [0.25, 0.3) is 0 Å². The third-order valence-electron chi connectivity index (χ3n) is 3.72. The molecule has 0 N–H and O–H groups in total. The fourth-order valence-corrected chi connectivity index (χ4v) is 3.85. The van der Waals surface area contributed by atoms with Gasteiger partial charge in [-0.25, -0.2) is 4.98 Å². The number of aromatic nitrogens is 1. The van der Waals surface area contributed by atoms with Gasteiger partial charge in [-0.05, 0) is 38.4 Å². The van der Waals surface area contributed by atoms with Gasteiger partial charge >= 0.3 is 0 Å². The van der Waals surface area contributed by atoms with E-state index >= 15 is 0 Å². The van der Waals surface area contributed by atoms with E-state index < -0.39 is 0 Å². The first-order chi connectivity index (χ1) is 9.51. The van der Waals surface area contributed by atoms with Crippen LogP contribution in [0.4, 0.5) is 0 Å². The van der Waals surface area contributed by atoms with Crippen molar-refractivity contribution >= 4 is 11.8 Å². The van der Waals surface area contributed by atoms with Gasteiger partial charge in [-0.2, -0.15) is 0 Å². The van der Waals surface area contributed by atoms with Crippen LogP contribution in [0.5, 0.6) is 0 Å². The van der Waals surface area contributed by atoms with Crippen LogP contribution in [0, 0.1) is 0 Å². The molecule has 2 rings (SSSR count). The van der Waals surface area contributed by atoms with Gasteiger partial charge in [0.2, 0.25) is 0 Å². The minimum Gasteiger partial charge on any atom is -0.296 e. The zero-order valence-electron chi connectivity index (χ0n) is 13.4. The Morgan fingerprint density at radius 3 is 2.90 bits per heavy atom. The molecule has 1 aliphatic rings. The molecule has 1 saturated heterocycles. The minimum atomic E-state index is 0.218. The Morgan fingerprint density at radius 1 is 1.40 bits per heavy atom. The van der Waals surface area contributed by atoms with Crippen molar-refractivity contribution in [1.29, 1.82) is 0 Å². The second kappa shape index (κ2) is 6.95. The van der Waals surface area contributed by atoms with Crippen molar-refractivity contribution < 1.29 is 0 Å². The van der Waals surface area contributed by atoms with E-state index in [2.05, 4.69) is 49.7 Å². The van der Waals surface area contributed by atoms with Gasteiger partial charge in [0, 0.05) is 22.5 Å². The summed E-state index contributed by atoms with van der Waals surface area (Å²) < 4.78 is 0.218. The quantitative estimate of drug-likeness (QED) is 0.717. The van der Waals surface area contributed by atoms with Crippen molar-refractivity contribution in [1.82, 2.24) is 9.88 Å². The summed E-state index contributed by atoms with van der Waals surface area (Å²) in [6, 6.07) is 4.97. The zero-order chi connectivity index (χ0) is 14.6. The summed E-state index contributed by atoms with van der Waals surface area (Å²) in [5, 5.41) is 1.23. The Kier molecular flexibility index (Phi) is 5.50. The molecule has 1 aromatic heterocycles. The first-order valence-corrected chi connectivity index (χ1v) is 8.71. The summed E-state index contributed by atoms with van der Waals surface area (Å²) in [5.41, 5.74) is 1.45. The molecule has 2 nitrogen and oxygen atoms in total. The number of rotatable bonds is 5. The standard InChI is InChI=1S/C17H28N2S/c1-5-6-12-19-13-8-10-15(19)14-9-7-11-18-16(14)20-17(2,3)4/h7,9,11,15H,5-6,8,10,12-13H2,1-4H3/t15-/m0/s1. The predicted molar refractivity (Wildman–Crippen MR) is 88.3 cm³/mol. The molecule has 112 valence electrons. The third-order valence-corrected chi connectivity index (χ3v) is 4.87. The van der Waals surface area contributed by atoms with Gasteiger partial charge in [0.15, 0.2) is 0 Å². The second-order valence-corrected chi connectivity index (χ2v) is 8.48. The van der Waals surface area contributed by atoms with Crippen molar-refractivity contribution in [2.45, 2.75) is 69.2 Å². The molecular weight excluding hydrogens is 264 g/mol. The lowest BCUT2D eigenvalue weighted by Gasteiger charge is -2.27. The Morgan fingerprint density at radius 2 is 2.20 bits per heavy atom. The van der Waals surface area contributed by atoms with Crippen molar-refractivity contribution in [3.63, 3.8) is 0 Å². The zero-order valence-corrected chi connectivity index (χ0v) is 14.2. The maximum Gasteiger partial charge on any atom is 0.101 e. The normalized spacial score (nSPS) is 20.5. The number of nitrogens with zero attached hydrogens (tertiary/aromatic N) is 2. The minimum absolute atomic E-state index is 0.218. The highest BCUT2D eigenvalue weighted by molar-refractivity contribution is 8.00. The van der Waals surface area contributed by atoms with E-state index in [9.17, 15) is 0 Å². The van der Waals surface area contributed by atoms with E-state index in [0.717, 1.165) is 0 Å². The van der Waals surface area contributed by atoms with Crippen LogP contribution >= 0.6 is 11.8 Å². The highest BCUT2D eigenvalue weighted by atomic mass is 32.2. The van der Waals surface area contributed by atoms with Crippen molar-refractivity contribution in [3.8, 4) is 0 Å². The Labute approximate surface area is 128 Å². The summed E-state index contributed by atoms with van der Waals surface area (Å²) >= 11 is 1.90. The molecule has 0 radical (unpaired) electrons. The van der Waals surface area contributed by atoms with Crippen molar-refractivity contribution in [2.75, 3.05) is 13.1 Å². The SMILES string of the molecule is CCCCN1CCC[C@H]1c1cccnc1SC(C)(C)C. The lowest BCUT2D eigenvalue weighted by atomic mass is 10.1. The monoisotopic (exact) mass is 292 g/mol. The molecule has 0 aliphatic carbocycles. The van der Waals surface area contributed by atoms with Crippen LogP contribution in [0.15, 0.2) is 23.4 Å². The summed E-state index contributed by atoms with van der Waals surface area (Å²) in [7, 11) is 0. The molecule has 20 heavy (non-hydrogen) atoms. The fourth-order valence-electron chi connectivity index (χ4n) is 2.84. The van der Waals surface area contributed by atoms with E-state index in [4.69, 9.17) is 0 Å². The molecular formula is C17H28N2S. The average molecular weight is 292 g/mol. The first kappa shape index (κ1) is 15.8. The average Bonchev–Trinajstić information content (AvgIpc) is 2.83. The Hall–Kier alpha value is -0.540. The van der Waals surface area contributed by atoms with E-state index in [1.165, 1.54) is 49.4 Å². The summed E-state index contributed by atoms with van der Waals surface area (Å²) in [5.74, 6) is 0. The lowest BCUT2D eigenvalue weighted by molar-refractivity contribution is 0.250. The molecule has 1 aliphatic heterocycles. The van der Waals surface area contributed by atoms with E-state index in [-0.39, 0.29) is 4.75 Å². The lowest BCUT2D eigenvalue weighted by Crippen LogP contribution is -2.25. The van der Waals surface area contributed by atoms with Gasteiger partial charge < -0.3 is 0 Å². The number of thioether (sulfide) groups is 1. The summed E-state index contributed by atoms with van der Waals surface area (Å²) in [6.07, 6.45) is 7.12. The van der Waals surface area contributed by atoms with Crippen LogP contribution in [0.3, 0.4) is 0 Å². The molecule has 0 aromatic carbocycles. The van der Waals surface area contributed by atoms with E-state index in [1.807, 2.05) is 18.0 Å². The number of hydrogen-bond donors (Lipinski definition) is 0. The predicted octanol–water partition coefficient (Wildman–Crippen LogP) is 4.91. The van der Waals surface area contributed by atoms with Crippen LogP contribution in [0.25, 0.3) is 0 Å². The Balaban J connectivity index is 2.18. The smallest absolute Gasteiger partial charge is 0.101 e. The summed E-state index contributed by atoms with van der Waals surface area (Å²) in [4.78, 5) is 7.32. The number of hydrogen-bond acceptors (Lipinski definition) is 3. The van der Waals surface area contributed by atoms with Crippen molar-refractivity contribution in [3.05, 3.63) is 23.9 Å². The summed E-state index contributed by atoms with van der Waals surface area (Å²) in [6.45, 7) is 11.5. The fraction of sp³-hybridized carbons (Fsp3) is 0.706.